The number of hydrogen-bond donors (Lipinski definition) is 1. The van der Waals surface area contributed by atoms with Gasteiger partial charge in [0.25, 0.3) is 5.91 Å². The monoisotopic (exact) mass is 488 g/mol. The first-order valence-corrected chi connectivity index (χ1v) is 12.3. The van der Waals surface area contributed by atoms with Gasteiger partial charge in [0.1, 0.15) is 0 Å². The number of methoxy groups -OCH3 is 1. The van der Waals surface area contributed by atoms with Gasteiger partial charge in [-0.1, -0.05) is 24.3 Å². The van der Waals surface area contributed by atoms with Crippen LogP contribution in [0.1, 0.15) is 50.4 Å². The van der Waals surface area contributed by atoms with Crippen molar-refractivity contribution in [1.29, 1.82) is 0 Å². The molecule has 186 valence electrons. The van der Waals surface area contributed by atoms with E-state index < -0.39 is 0 Å². The fraction of sp³-hybridized carbons (Fsp3) is 0.357. The first-order chi connectivity index (χ1) is 17.6. The van der Waals surface area contributed by atoms with Gasteiger partial charge in [-0.2, -0.15) is 0 Å². The fourth-order valence-corrected chi connectivity index (χ4v) is 5.66. The van der Waals surface area contributed by atoms with Gasteiger partial charge in [-0.3, -0.25) is 4.79 Å². The fourth-order valence-electron chi connectivity index (χ4n) is 5.66. The maximum atomic E-state index is 14.2. The number of nitrogens with zero attached hydrogens (tertiary/aromatic N) is 2. The van der Waals surface area contributed by atoms with Crippen molar-refractivity contribution >= 4 is 11.9 Å². The highest BCUT2D eigenvalue weighted by molar-refractivity contribution is 6.03. The number of aliphatic hydroxyl groups excluding tert-OH is 1. The zero-order valence-electron chi connectivity index (χ0n) is 20.2. The molecule has 0 spiro atoms. The topological polar surface area (TPSA) is 90.2 Å². The first-order valence-electron chi connectivity index (χ1n) is 12.3. The maximum Gasteiger partial charge on any atom is 0.339 e. The molecule has 3 aliphatic heterocycles. The van der Waals surface area contributed by atoms with Crippen molar-refractivity contribution in [2.45, 2.75) is 44.8 Å². The molecule has 0 unspecified atom stereocenters. The molecule has 0 saturated carbocycles. The van der Waals surface area contributed by atoms with Gasteiger partial charge in [0.05, 0.1) is 36.6 Å². The van der Waals surface area contributed by atoms with Crippen LogP contribution in [0.4, 0.5) is 0 Å². The smallest absolute Gasteiger partial charge is 0.339 e. The number of carbonyl (C=O) groups excluding carboxylic acids is 2. The van der Waals surface area contributed by atoms with Crippen molar-refractivity contribution in [3.8, 4) is 22.8 Å². The highest BCUT2D eigenvalue weighted by atomic mass is 16.7. The number of esters is 1. The van der Waals surface area contributed by atoms with Gasteiger partial charge >= 0.3 is 5.97 Å². The molecular formula is C28H28N2O6. The molecule has 1 amide bonds. The van der Waals surface area contributed by atoms with Gasteiger partial charge in [0, 0.05) is 24.3 Å². The summed E-state index contributed by atoms with van der Waals surface area (Å²) in [6.45, 7) is 1.11. The van der Waals surface area contributed by atoms with Crippen LogP contribution in [0.15, 0.2) is 42.5 Å². The van der Waals surface area contributed by atoms with E-state index in [1.807, 2.05) is 36.4 Å². The van der Waals surface area contributed by atoms with Crippen LogP contribution in [0.2, 0.25) is 0 Å². The molecule has 0 aliphatic carbocycles. The molecular weight excluding hydrogens is 460 g/mol. The Bertz CT molecular complexity index is 1360. The average molecular weight is 489 g/mol. The second kappa shape index (κ2) is 9.02. The van der Waals surface area contributed by atoms with E-state index in [4.69, 9.17) is 14.2 Å². The zero-order chi connectivity index (χ0) is 24.8. The largest absolute Gasteiger partial charge is 0.465 e. The SMILES string of the molecule is COC(=O)c1cc(-c2cc3c(cc2C(=O)N2Cc4ccccc4C[C@H]2CO)OCO3)n2c1CCCC2. The van der Waals surface area contributed by atoms with Crippen LogP contribution < -0.4 is 9.47 Å². The van der Waals surface area contributed by atoms with Gasteiger partial charge in [-0.05, 0) is 55.0 Å². The quantitative estimate of drug-likeness (QED) is 0.565. The van der Waals surface area contributed by atoms with Crippen molar-refractivity contribution < 1.29 is 28.9 Å². The van der Waals surface area contributed by atoms with Gasteiger partial charge in [0.15, 0.2) is 11.5 Å². The van der Waals surface area contributed by atoms with Crippen LogP contribution >= 0.6 is 0 Å². The van der Waals surface area contributed by atoms with Crippen LogP contribution in [0, 0.1) is 0 Å². The van der Waals surface area contributed by atoms with E-state index in [1.165, 1.54) is 7.11 Å². The number of hydrogen-bond acceptors (Lipinski definition) is 6. The molecule has 36 heavy (non-hydrogen) atoms. The van der Waals surface area contributed by atoms with Gasteiger partial charge in [-0.15, -0.1) is 0 Å². The molecule has 1 N–H and O–H groups in total. The van der Waals surface area contributed by atoms with Crippen molar-refractivity contribution in [3.63, 3.8) is 0 Å². The molecule has 6 rings (SSSR count). The van der Waals surface area contributed by atoms with Crippen LogP contribution in [-0.2, 0) is 30.7 Å². The number of amides is 1. The highest BCUT2D eigenvalue weighted by Gasteiger charge is 2.34. The molecule has 0 bridgehead atoms. The summed E-state index contributed by atoms with van der Waals surface area (Å²) in [5.41, 5.74) is 5.60. The third-order valence-corrected chi connectivity index (χ3v) is 7.51. The number of carbonyl (C=O) groups is 2. The van der Waals surface area contributed by atoms with Crippen molar-refractivity contribution in [1.82, 2.24) is 9.47 Å². The Balaban J connectivity index is 1.49. The highest BCUT2D eigenvalue weighted by Crippen LogP contribution is 2.42. The predicted molar refractivity (Wildman–Crippen MR) is 131 cm³/mol. The summed E-state index contributed by atoms with van der Waals surface area (Å²) in [7, 11) is 1.38. The van der Waals surface area contributed by atoms with Crippen LogP contribution in [0.25, 0.3) is 11.3 Å². The molecule has 1 aromatic heterocycles. The zero-order valence-corrected chi connectivity index (χ0v) is 20.2. The van der Waals surface area contributed by atoms with E-state index in [9.17, 15) is 14.7 Å². The van der Waals surface area contributed by atoms with E-state index >= 15 is 0 Å². The number of fused-ring (bicyclic) bond motifs is 3. The maximum absolute atomic E-state index is 14.2. The summed E-state index contributed by atoms with van der Waals surface area (Å²) in [6, 6.07) is 13.1. The minimum atomic E-state index is -0.381. The second-order valence-corrected chi connectivity index (χ2v) is 9.48. The average Bonchev–Trinajstić information content (AvgIpc) is 3.55. The lowest BCUT2D eigenvalue weighted by molar-refractivity contribution is 0.0544. The lowest BCUT2D eigenvalue weighted by Gasteiger charge is -2.36. The van der Waals surface area contributed by atoms with E-state index in [-0.39, 0.29) is 31.3 Å². The summed E-state index contributed by atoms with van der Waals surface area (Å²) in [4.78, 5) is 28.5. The first kappa shape index (κ1) is 22.7. The minimum absolute atomic E-state index is 0.0858. The molecule has 0 radical (unpaired) electrons. The Hall–Kier alpha value is -3.78. The van der Waals surface area contributed by atoms with E-state index in [1.54, 1.807) is 11.0 Å². The Morgan fingerprint density at radius 2 is 1.83 bits per heavy atom. The van der Waals surface area contributed by atoms with Gasteiger partial charge < -0.3 is 28.8 Å². The third kappa shape index (κ3) is 3.64. The summed E-state index contributed by atoms with van der Waals surface area (Å²) in [6.07, 6.45) is 3.34. The summed E-state index contributed by atoms with van der Waals surface area (Å²) >= 11 is 0. The van der Waals surface area contributed by atoms with Crippen molar-refractivity contribution in [2.75, 3.05) is 20.5 Å². The molecule has 0 fully saturated rings. The lowest BCUT2D eigenvalue weighted by atomic mass is 9.92. The predicted octanol–water partition coefficient (Wildman–Crippen LogP) is 3.57. The second-order valence-electron chi connectivity index (χ2n) is 9.48. The van der Waals surface area contributed by atoms with Crippen molar-refractivity contribution in [3.05, 3.63) is 70.4 Å². The number of ether oxygens (including phenoxy) is 3. The standard InChI is InChI=1S/C28H28N2O6/c1-34-28(33)22-11-24(29-9-5-4-8-23(22)29)20-12-25-26(36-16-35-25)13-21(20)27(32)30-14-18-7-3-2-6-17(18)10-19(30)15-31/h2-3,6-7,11-13,19,31H,4-5,8-10,14-16H2,1H3/t19-/m0/s1. The van der Waals surface area contributed by atoms with Crippen LogP contribution in [-0.4, -0.2) is 53.0 Å². The number of rotatable bonds is 4. The molecule has 2 aromatic carbocycles. The molecule has 8 heteroatoms. The van der Waals surface area contributed by atoms with Crippen LogP contribution in [0.5, 0.6) is 11.5 Å². The van der Waals surface area contributed by atoms with E-state index in [0.29, 0.717) is 41.2 Å². The normalized spacial score (nSPS) is 17.9. The van der Waals surface area contributed by atoms with Gasteiger partial charge in [0.2, 0.25) is 6.79 Å². The molecule has 3 aromatic rings. The molecule has 3 aliphatic rings. The number of benzene rings is 2. The number of aliphatic hydroxyl groups is 1. The molecule has 4 heterocycles. The Labute approximate surface area is 209 Å². The lowest BCUT2D eigenvalue weighted by Crippen LogP contribution is -2.46. The summed E-state index contributed by atoms with van der Waals surface area (Å²) in [5.74, 6) is 0.505. The Morgan fingerprint density at radius 1 is 1.06 bits per heavy atom. The summed E-state index contributed by atoms with van der Waals surface area (Å²) in [5, 5.41) is 10.2. The molecule has 8 nitrogen and oxygen atoms in total. The third-order valence-electron chi connectivity index (χ3n) is 7.51. The molecule has 1 atom stereocenters. The van der Waals surface area contributed by atoms with Crippen molar-refractivity contribution in [2.24, 2.45) is 0 Å². The molecule has 0 saturated heterocycles. The van der Waals surface area contributed by atoms with Gasteiger partial charge in [-0.25, -0.2) is 4.79 Å². The van der Waals surface area contributed by atoms with E-state index in [2.05, 4.69) is 4.57 Å². The van der Waals surface area contributed by atoms with Crippen LogP contribution in [0.3, 0.4) is 0 Å². The number of aromatic nitrogens is 1. The Kier molecular flexibility index (Phi) is 5.68. The minimum Gasteiger partial charge on any atom is -0.465 e. The van der Waals surface area contributed by atoms with E-state index in [0.717, 1.165) is 48.3 Å². The Morgan fingerprint density at radius 3 is 2.61 bits per heavy atom. The summed E-state index contributed by atoms with van der Waals surface area (Å²) < 4.78 is 18.5.